The maximum atomic E-state index is 13.3. The number of carbonyl (C=O) groups is 2. The lowest BCUT2D eigenvalue weighted by molar-refractivity contribution is 0.0756. The van der Waals surface area contributed by atoms with Crippen LogP contribution in [0.5, 0.6) is 0 Å². The van der Waals surface area contributed by atoms with Crippen molar-refractivity contribution < 1.29 is 18.5 Å². The minimum absolute atomic E-state index is 0.120. The Morgan fingerprint density at radius 1 is 1.20 bits per heavy atom. The topological polar surface area (TPSA) is 106 Å². The monoisotopic (exact) mass is 412 g/mol. The number of hydrogen-bond acceptors (Lipinski definition) is 6. The number of carbonyl (C=O) groups excluding carboxylic acids is 2. The van der Waals surface area contributed by atoms with Crippen molar-refractivity contribution in [1.82, 2.24) is 30.1 Å². The molecule has 1 aromatic carbocycles. The third-order valence-electron chi connectivity index (χ3n) is 5.13. The van der Waals surface area contributed by atoms with Gasteiger partial charge in [-0.05, 0) is 32.0 Å². The number of nitrogens with zero attached hydrogens (tertiary/aromatic N) is 5. The van der Waals surface area contributed by atoms with Crippen LogP contribution in [-0.4, -0.2) is 49.7 Å². The summed E-state index contributed by atoms with van der Waals surface area (Å²) in [5.41, 5.74) is 1.30. The van der Waals surface area contributed by atoms with E-state index in [1.807, 2.05) is 4.57 Å². The van der Waals surface area contributed by atoms with Gasteiger partial charge in [0.25, 0.3) is 11.8 Å². The number of fused-ring (bicyclic) bond motifs is 1. The number of hydrogen-bond donors (Lipinski definition) is 1. The number of nitrogens with one attached hydrogen (secondary N) is 1. The average Bonchev–Trinajstić information content (AvgIpc) is 3.19. The molecule has 3 heterocycles. The first-order valence-electron chi connectivity index (χ1n) is 9.61. The fourth-order valence-electron chi connectivity index (χ4n) is 3.55. The fourth-order valence-corrected chi connectivity index (χ4v) is 3.55. The predicted molar refractivity (Wildman–Crippen MR) is 103 cm³/mol. The van der Waals surface area contributed by atoms with Gasteiger partial charge >= 0.3 is 0 Å². The summed E-state index contributed by atoms with van der Waals surface area (Å²) in [5, 5.41) is 15.0. The molecule has 30 heavy (non-hydrogen) atoms. The Morgan fingerprint density at radius 2 is 2.03 bits per heavy atom. The van der Waals surface area contributed by atoms with Gasteiger partial charge in [0.05, 0.1) is 12.2 Å². The van der Waals surface area contributed by atoms with Gasteiger partial charge in [-0.15, -0.1) is 10.2 Å². The van der Waals surface area contributed by atoms with Crippen LogP contribution in [-0.2, 0) is 19.5 Å². The molecular formula is C20H21FN6O3. The van der Waals surface area contributed by atoms with Gasteiger partial charge in [-0.1, -0.05) is 11.2 Å². The van der Waals surface area contributed by atoms with Gasteiger partial charge < -0.3 is 19.3 Å². The van der Waals surface area contributed by atoms with Crippen LogP contribution in [0.4, 0.5) is 4.39 Å². The van der Waals surface area contributed by atoms with Crippen LogP contribution in [0.3, 0.4) is 0 Å². The number of benzene rings is 1. The standard InChI is InChI=1S/C20H21FN6O3/c1-12-18(13(2)30-25-12)20(29)26-7-6-16-23-24-17(27(16)9-8-26)11-22-19(28)14-4-3-5-15(21)10-14/h3-5,10H,6-9,11H2,1-2H3,(H,22,28). The van der Waals surface area contributed by atoms with E-state index in [0.29, 0.717) is 48.9 Å². The summed E-state index contributed by atoms with van der Waals surface area (Å²) in [6, 6.07) is 5.49. The second-order valence-electron chi connectivity index (χ2n) is 7.12. The Labute approximate surface area is 171 Å². The summed E-state index contributed by atoms with van der Waals surface area (Å²) in [6.45, 7) is 5.09. The summed E-state index contributed by atoms with van der Waals surface area (Å²) >= 11 is 0. The first kappa shape index (κ1) is 19.7. The lowest BCUT2D eigenvalue weighted by atomic mass is 10.1. The smallest absolute Gasteiger partial charge is 0.259 e. The second kappa shape index (κ2) is 8.05. The van der Waals surface area contributed by atoms with Gasteiger partial charge in [-0.25, -0.2) is 4.39 Å². The van der Waals surface area contributed by atoms with Crippen LogP contribution < -0.4 is 5.32 Å². The first-order valence-corrected chi connectivity index (χ1v) is 9.61. The minimum atomic E-state index is -0.470. The zero-order valence-electron chi connectivity index (χ0n) is 16.7. The highest BCUT2D eigenvalue weighted by atomic mass is 19.1. The minimum Gasteiger partial charge on any atom is -0.361 e. The van der Waals surface area contributed by atoms with Crippen LogP contribution >= 0.6 is 0 Å². The number of halogens is 1. The number of aromatic nitrogens is 4. The van der Waals surface area contributed by atoms with E-state index in [9.17, 15) is 14.0 Å². The highest BCUT2D eigenvalue weighted by Gasteiger charge is 2.26. The molecule has 156 valence electrons. The Balaban J connectivity index is 1.43. The lowest BCUT2D eigenvalue weighted by Crippen LogP contribution is -2.34. The molecule has 2 amide bonds. The molecule has 0 saturated heterocycles. The van der Waals surface area contributed by atoms with Gasteiger partial charge in [-0.2, -0.15) is 0 Å². The van der Waals surface area contributed by atoms with Crippen molar-refractivity contribution in [3.8, 4) is 0 Å². The van der Waals surface area contributed by atoms with E-state index in [-0.39, 0.29) is 18.0 Å². The van der Waals surface area contributed by atoms with E-state index in [1.165, 1.54) is 18.2 Å². The van der Waals surface area contributed by atoms with Crippen molar-refractivity contribution in [3.05, 3.63) is 64.3 Å². The maximum Gasteiger partial charge on any atom is 0.259 e. The van der Waals surface area contributed by atoms with Crippen LogP contribution in [0.1, 0.15) is 43.8 Å². The molecule has 4 rings (SSSR count). The van der Waals surface area contributed by atoms with Gasteiger partial charge in [0.15, 0.2) is 5.82 Å². The van der Waals surface area contributed by atoms with E-state index in [0.717, 1.165) is 5.82 Å². The van der Waals surface area contributed by atoms with E-state index in [1.54, 1.807) is 24.8 Å². The van der Waals surface area contributed by atoms with Crippen LogP contribution in [0.25, 0.3) is 0 Å². The van der Waals surface area contributed by atoms with Crippen LogP contribution in [0, 0.1) is 19.7 Å². The van der Waals surface area contributed by atoms with Crippen molar-refractivity contribution in [1.29, 1.82) is 0 Å². The molecule has 2 aromatic heterocycles. The normalized spacial score (nSPS) is 13.6. The Kier molecular flexibility index (Phi) is 5.30. The summed E-state index contributed by atoms with van der Waals surface area (Å²) in [4.78, 5) is 26.9. The molecule has 0 radical (unpaired) electrons. The predicted octanol–water partition coefficient (Wildman–Crippen LogP) is 1.65. The Bertz CT molecular complexity index is 1090. The molecule has 0 unspecified atom stereocenters. The van der Waals surface area contributed by atoms with Crippen molar-refractivity contribution in [2.75, 3.05) is 13.1 Å². The molecule has 0 spiro atoms. The number of aryl methyl sites for hydroxylation is 2. The Hall–Kier alpha value is -3.56. The van der Waals surface area contributed by atoms with Gasteiger partial charge in [0.2, 0.25) is 0 Å². The first-order chi connectivity index (χ1) is 14.4. The zero-order valence-corrected chi connectivity index (χ0v) is 16.7. The maximum absolute atomic E-state index is 13.3. The molecule has 10 heteroatoms. The molecule has 0 bridgehead atoms. The molecule has 1 aliphatic heterocycles. The summed E-state index contributed by atoms with van der Waals surface area (Å²) in [6.07, 6.45) is 0.542. The highest BCUT2D eigenvalue weighted by Crippen LogP contribution is 2.17. The lowest BCUT2D eigenvalue weighted by Gasteiger charge is -2.20. The Morgan fingerprint density at radius 3 is 2.77 bits per heavy atom. The third-order valence-corrected chi connectivity index (χ3v) is 5.13. The van der Waals surface area contributed by atoms with Crippen LogP contribution in [0.2, 0.25) is 0 Å². The van der Waals surface area contributed by atoms with Gasteiger partial charge in [0.1, 0.15) is 23.0 Å². The van der Waals surface area contributed by atoms with E-state index in [2.05, 4.69) is 20.7 Å². The second-order valence-corrected chi connectivity index (χ2v) is 7.12. The summed E-state index contributed by atoms with van der Waals surface area (Å²) < 4.78 is 20.3. The average molecular weight is 412 g/mol. The van der Waals surface area contributed by atoms with Gasteiger partial charge in [0, 0.05) is 31.6 Å². The molecule has 9 nitrogen and oxygen atoms in total. The summed E-state index contributed by atoms with van der Waals surface area (Å²) in [7, 11) is 0. The molecule has 1 N–H and O–H groups in total. The van der Waals surface area contributed by atoms with Gasteiger partial charge in [-0.3, -0.25) is 9.59 Å². The molecule has 0 atom stereocenters. The number of rotatable bonds is 4. The van der Waals surface area contributed by atoms with Crippen molar-refractivity contribution in [3.63, 3.8) is 0 Å². The fraction of sp³-hybridized carbons (Fsp3) is 0.350. The van der Waals surface area contributed by atoms with Crippen LogP contribution in [0.15, 0.2) is 28.8 Å². The van der Waals surface area contributed by atoms with E-state index >= 15 is 0 Å². The van der Waals surface area contributed by atoms with E-state index < -0.39 is 11.7 Å². The van der Waals surface area contributed by atoms with Crippen molar-refractivity contribution in [2.24, 2.45) is 0 Å². The SMILES string of the molecule is Cc1noc(C)c1C(=O)N1CCc2nnc(CNC(=O)c3cccc(F)c3)n2CC1. The molecule has 1 aliphatic rings. The molecule has 0 aliphatic carbocycles. The van der Waals surface area contributed by atoms with E-state index in [4.69, 9.17) is 4.52 Å². The number of amides is 2. The van der Waals surface area contributed by atoms with Crippen molar-refractivity contribution in [2.45, 2.75) is 33.4 Å². The third kappa shape index (κ3) is 3.80. The highest BCUT2D eigenvalue weighted by molar-refractivity contribution is 5.96. The molecule has 0 fully saturated rings. The van der Waals surface area contributed by atoms with Crippen molar-refractivity contribution >= 4 is 11.8 Å². The summed E-state index contributed by atoms with van der Waals surface area (Å²) in [5.74, 6) is 0.853. The zero-order chi connectivity index (χ0) is 21.3. The molecule has 0 saturated carbocycles. The largest absolute Gasteiger partial charge is 0.361 e. The molecular weight excluding hydrogens is 391 g/mol. The molecule has 3 aromatic rings. The quantitative estimate of drug-likeness (QED) is 0.699.